The lowest BCUT2D eigenvalue weighted by molar-refractivity contribution is 0.0641. The third-order valence-electron chi connectivity index (χ3n) is 5.17. The van der Waals surface area contributed by atoms with Gasteiger partial charge in [-0.25, -0.2) is 0 Å². The first-order chi connectivity index (χ1) is 15.7. The van der Waals surface area contributed by atoms with Crippen LogP contribution in [0, 0.1) is 0 Å². The Balaban J connectivity index is 1.55. The number of fused-ring (bicyclic) bond motifs is 1. The Hall–Kier alpha value is -4.79. The Kier molecular flexibility index (Phi) is 5.45. The van der Waals surface area contributed by atoms with Crippen molar-refractivity contribution in [2.24, 2.45) is 11.5 Å². The monoisotopic (exact) mass is 442 g/mol. The minimum absolute atomic E-state index is 0.00352. The molecule has 1 aliphatic heterocycles. The first kappa shape index (κ1) is 21.4. The molecule has 0 radical (unpaired) electrons. The summed E-state index contributed by atoms with van der Waals surface area (Å²) in [5, 5.41) is 2.60. The number of hydrogen-bond donors (Lipinski definition) is 3. The van der Waals surface area contributed by atoms with Crippen LogP contribution in [-0.4, -0.2) is 34.4 Å². The van der Waals surface area contributed by atoms with Crippen LogP contribution in [0.15, 0.2) is 66.7 Å². The quantitative estimate of drug-likeness (QED) is 0.498. The third kappa shape index (κ3) is 4.19. The zero-order valence-corrected chi connectivity index (χ0v) is 17.2. The lowest BCUT2D eigenvalue weighted by atomic mass is 10.1. The zero-order chi connectivity index (χ0) is 23.7. The number of nitrogens with zero attached hydrogens (tertiary/aromatic N) is 1. The van der Waals surface area contributed by atoms with Gasteiger partial charge in [-0.05, 0) is 48.0 Å². The van der Waals surface area contributed by atoms with Crippen LogP contribution in [0.3, 0.4) is 0 Å². The van der Waals surface area contributed by atoms with Crippen molar-refractivity contribution in [3.05, 3.63) is 100 Å². The summed E-state index contributed by atoms with van der Waals surface area (Å²) in [5.74, 6) is -2.88. The zero-order valence-electron chi connectivity index (χ0n) is 17.2. The fourth-order valence-electron chi connectivity index (χ4n) is 3.56. The maximum Gasteiger partial charge on any atom is 0.261 e. The number of nitrogens with one attached hydrogen (secondary N) is 1. The lowest BCUT2D eigenvalue weighted by Crippen LogP contribution is -2.29. The van der Waals surface area contributed by atoms with Crippen molar-refractivity contribution in [2.45, 2.75) is 6.54 Å². The molecule has 33 heavy (non-hydrogen) atoms. The molecule has 1 aliphatic rings. The number of imide groups is 1. The van der Waals surface area contributed by atoms with Gasteiger partial charge in [-0.3, -0.25) is 28.9 Å². The van der Waals surface area contributed by atoms with E-state index in [0.717, 1.165) is 4.90 Å². The van der Waals surface area contributed by atoms with E-state index >= 15 is 0 Å². The van der Waals surface area contributed by atoms with Crippen LogP contribution in [0.25, 0.3) is 0 Å². The van der Waals surface area contributed by atoms with Gasteiger partial charge in [0.15, 0.2) is 0 Å². The van der Waals surface area contributed by atoms with E-state index in [2.05, 4.69) is 5.32 Å². The minimum Gasteiger partial charge on any atom is -0.366 e. The number of rotatable bonds is 6. The van der Waals surface area contributed by atoms with Gasteiger partial charge in [-0.1, -0.05) is 24.3 Å². The highest BCUT2D eigenvalue weighted by Gasteiger charge is 2.35. The predicted octanol–water partition coefficient (Wildman–Crippen LogP) is 1.93. The number of anilines is 1. The van der Waals surface area contributed by atoms with Crippen molar-refractivity contribution in [3.8, 4) is 0 Å². The third-order valence-corrected chi connectivity index (χ3v) is 5.17. The molecule has 4 rings (SSSR count). The summed E-state index contributed by atoms with van der Waals surface area (Å²) in [5.41, 5.74) is 12.3. The van der Waals surface area contributed by atoms with E-state index in [1.807, 2.05) is 0 Å². The number of benzene rings is 3. The van der Waals surface area contributed by atoms with Crippen LogP contribution in [-0.2, 0) is 6.54 Å². The fourth-order valence-corrected chi connectivity index (χ4v) is 3.56. The van der Waals surface area contributed by atoms with Gasteiger partial charge in [0.25, 0.3) is 17.7 Å². The summed E-state index contributed by atoms with van der Waals surface area (Å²) >= 11 is 0. The molecule has 0 saturated heterocycles. The number of primary amides is 2. The number of nitrogens with two attached hydrogens (primary N) is 2. The smallest absolute Gasteiger partial charge is 0.261 e. The van der Waals surface area contributed by atoms with Crippen molar-refractivity contribution in [3.63, 3.8) is 0 Å². The molecule has 0 aromatic heterocycles. The Morgan fingerprint density at radius 2 is 1.30 bits per heavy atom. The van der Waals surface area contributed by atoms with Crippen LogP contribution < -0.4 is 16.8 Å². The van der Waals surface area contributed by atoms with Crippen molar-refractivity contribution in [1.82, 2.24) is 4.90 Å². The second-order valence-corrected chi connectivity index (χ2v) is 7.42. The maximum absolute atomic E-state index is 12.8. The van der Waals surface area contributed by atoms with Crippen LogP contribution in [0.4, 0.5) is 5.69 Å². The highest BCUT2D eigenvalue weighted by Crippen LogP contribution is 2.24. The number of hydrogen-bond acceptors (Lipinski definition) is 5. The number of amides is 5. The second kappa shape index (κ2) is 8.39. The normalized spacial score (nSPS) is 12.4. The van der Waals surface area contributed by atoms with Crippen molar-refractivity contribution >= 4 is 35.2 Å². The van der Waals surface area contributed by atoms with Crippen molar-refractivity contribution in [2.75, 3.05) is 5.32 Å². The summed E-state index contributed by atoms with van der Waals surface area (Å²) in [6, 6.07) is 16.9. The van der Waals surface area contributed by atoms with E-state index in [-0.39, 0.29) is 28.9 Å². The van der Waals surface area contributed by atoms with Crippen molar-refractivity contribution < 1.29 is 24.0 Å². The number of carbonyl (C=O) groups excluding carboxylic acids is 5. The van der Waals surface area contributed by atoms with Gasteiger partial charge in [0.1, 0.15) is 0 Å². The Labute approximate surface area is 188 Å². The second-order valence-electron chi connectivity index (χ2n) is 7.42. The topological polar surface area (TPSA) is 153 Å². The van der Waals surface area contributed by atoms with E-state index in [1.54, 1.807) is 48.5 Å². The number of carbonyl (C=O) groups is 5. The molecule has 3 aromatic carbocycles. The van der Waals surface area contributed by atoms with Crippen molar-refractivity contribution in [1.29, 1.82) is 0 Å². The molecule has 9 nitrogen and oxygen atoms in total. The molecule has 0 aliphatic carbocycles. The van der Waals surface area contributed by atoms with E-state index in [9.17, 15) is 24.0 Å². The molecule has 0 unspecified atom stereocenters. The molecule has 1 heterocycles. The van der Waals surface area contributed by atoms with Gasteiger partial charge in [-0.15, -0.1) is 0 Å². The molecule has 5 amide bonds. The van der Waals surface area contributed by atoms with Gasteiger partial charge >= 0.3 is 0 Å². The Bertz CT molecular complexity index is 1280. The summed E-state index contributed by atoms with van der Waals surface area (Å²) < 4.78 is 0. The van der Waals surface area contributed by atoms with Gasteiger partial charge in [0, 0.05) is 22.4 Å². The first-order valence-corrected chi connectivity index (χ1v) is 9.85. The molecule has 0 bridgehead atoms. The lowest BCUT2D eigenvalue weighted by Gasteiger charge is -2.15. The molecule has 0 spiro atoms. The van der Waals surface area contributed by atoms with E-state index in [4.69, 9.17) is 11.5 Å². The fraction of sp³-hybridized carbons (Fsp3) is 0.0417. The molecule has 0 fully saturated rings. The maximum atomic E-state index is 12.8. The Morgan fingerprint density at radius 1 is 0.727 bits per heavy atom. The van der Waals surface area contributed by atoms with E-state index < -0.39 is 29.5 Å². The Morgan fingerprint density at radius 3 is 1.85 bits per heavy atom. The van der Waals surface area contributed by atoms with Crippen LogP contribution in [0.2, 0.25) is 0 Å². The largest absolute Gasteiger partial charge is 0.366 e. The van der Waals surface area contributed by atoms with Crippen LogP contribution >= 0.6 is 0 Å². The van der Waals surface area contributed by atoms with Gasteiger partial charge in [0.05, 0.1) is 17.7 Å². The van der Waals surface area contributed by atoms with Gasteiger partial charge in [0.2, 0.25) is 11.8 Å². The molecule has 3 aromatic rings. The summed E-state index contributed by atoms with van der Waals surface area (Å²) in [6.45, 7) is -0.00352. The first-order valence-electron chi connectivity index (χ1n) is 9.85. The summed E-state index contributed by atoms with van der Waals surface area (Å²) in [4.78, 5) is 62.1. The minimum atomic E-state index is -0.781. The van der Waals surface area contributed by atoms with Gasteiger partial charge < -0.3 is 16.8 Å². The van der Waals surface area contributed by atoms with Gasteiger partial charge in [-0.2, -0.15) is 0 Å². The molecule has 164 valence electrons. The highest BCUT2D eigenvalue weighted by molar-refractivity contribution is 6.21. The summed E-state index contributed by atoms with van der Waals surface area (Å²) in [7, 11) is 0. The van der Waals surface area contributed by atoms with E-state index in [1.165, 1.54) is 18.2 Å². The molecular weight excluding hydrogens is 424 g/mol. The average Bonchev–Trinajstić information content (AvgIpc) is 3.04. The SMILES string of the molecule is NC(=O)c1cc(NC(=O)c2cccc(CN3C(=O)c4ccccc4C3=O)c2)cc(C(N)=O)c1. The summed E-state index contributed by atoms with van der Waals surface area (Å²) in [6.07, 6.45) is 0. The standard InChI is InChI=1S/C24H18N4O5/c25-20(29)15-9-16(21(26)30)11-17(10-15)27-22(31)14-5-3-4-13(8-14)12-28-23(32)18-6-1-2-7-19(18)24(28)33/h1-11H,12H2,(H2,25,29)(H2,26,30)(H,27,31). The predicted molar refractivity (Wildman–Crippen MR) is 119 cm³/mol. The van der Waals surface area contributed by atoms with E-state index in [0.29, 0.717) is 16.7 Å². The van der Waals surface area contributed by atoms with Crippen LogP contribution in [0.5, 0.6) is 0 Å². The molecule has 9 heteroatoms. The molecule has 5 N–H and O–H groups in total. The molecule has 0 saturated carbocycles. The highest BCUT2D eigenvalue weighted by atomic mass is 16.2. The molecule has 0 atom stereocenters. The van der Waals surface area contributed by atoms with Crippen LogP contribution in [0.1, 0.15) is 57.4 Å². The molecular formula is C24H18N4O5. The average molecular weight is 442 g/mol.